The molecule has 4 atom stereocenters. The monoisotopic (exact) mass is 695 g/mol. The maximum Gasteiger partial charge on any atom is 0.323 e. The molecular weight excluding hydrogens is 646 g/mol. The smallest absolute Gasteiger partial charge is 0.323 e. The molecule has 0 aromatic heterocycles. The number of aliphatic hydroxyl groups is 1. The van der Waals surface area contributed by atoms with E-state index in [4.69, 9.17) is 9.47 Å². The van der Waals surface area contributed by atoms with E-state index in [0.29, 0.717) is 36.0 Å². The number of fused-ring (bicyclic) bond motifs is 2. The van der Waals surface area contributed by atoms with Crippen LogP contribution in [0.3, 0.4) is 0 Å². The first-order valence-corrected chi connectivity index (χ1v) is 17.6. The molecule has 51 heavy (non-hydrogen) atoms. The number of para-hydroxylation sites is 1. The third kappa shape index (κ3) is 9.99. The van der Waals surface area contributed by atoms with Gasteiger partial charge in [0.1, 0.15) is 5.75 Å². The predicted molar refractivity (Wildman–Crippen MR) is 202 cm³/mol. The minimum absolute atomic E-state index is 0.195. The van der Waals surface area contributed by atoms with Crippen molar-refractivity contribution in [2.75, 3.05) is 49.3 Å². The lowest BCUT2D eigenvalue weighted by Crippen LogP contribution is -2.48. The van der Waals surface area contributed by atoms with E-state index in [9.17, 15) is 19.5 Å². The van der Waals surface area contributed by atoms with Gasteiger partial charge < -0.3 is 40.3 Å². The van der Waals surface area contributed by atoms with Gasteiger partial charge in [0.05, 0.1) is 36.1 Å². The quantitative estimate of drug-likeness (QED) is 0.159. The number of nitrogens with one attached hydrogen (secondary N) is 3. The van der Waals surface area contributed by atoms with Crippen molar-refractivity contribution in [2.45, 2.75) is 58.3 Å². The van der Waals surface area contributed by atoms with Crippen LogP contribution in [-0.2, 0) is 4.74 Å². The molecule has 5 amide bonds. The van der Waals surface area contributed by atoms with E-state index in [1.807, 2.05) is 86.6 Å². The molecule has 1 aliphatic heterocycles. The molecule has 0 spiro atoms. The average Bonchev–Trinajstić information content (AvgIpc) is 3.13. The zero-order chi connectivity index (χ0) is 36.3. The van der Waals surface area contributed by atoms with Crippen LogP contribution in [0, 0.1) is 5.92 Å². The maximum atomic E-state index is 14.5. The van der Waals surface area contributed by atoms with E-state index in [0.717, 1.165) is 30.0 Å². The number of carbonyl (C=O) groups is 3. The number of rotatable bonds is 7. The van der Waals surface area contributed by atoms with Gasteiger partial charge in [-0.05, 0) is 74.9 Å². The van der Waals surface area contributed by atoms with Crippen molar-refractivity contribution in [1.82, 2.24) is 9.80 Å². The van der Waals surface area contributed by atoms with Gasteiger partial charge in [0.15, 0.2) is 0 Å². The number of aliphatic hydroxyl groups excluding tert-OH is 1. The Morgan fingerprint density at radius 2 is 1.67 bits per heavy atom. The van der Waals surface area contributed by atoms with Crippen LogP contribution in [0.15, 0.2) is 91.0 Å². The average molecular weight is 696 g/mol. The second-order valence-electron chi connectivity index (χ2n) is 13.3. The molecule has 0 unspecified atom stereocenters. The summed E-state index contributed by atoms with van der Waals surface area (Å²) >= 11 is 0. The van der Waals surface area contributed by atoms with Gasteiger partial charge in [-0.1, -0.05) is 61.5 Å². The molecule has 270 valence electrons. The predicted octanol–water partition coefficient (Wildman–Crippen LogP) is 7.44. The molecule has 11 nitrogen and oxygen atoms in total. The Morgan fingerprint density at radius 1 is 0.922 bits per heavy atom. The summed E-state index contributed by atoms with van der Waals surface area (Å²) in [6, 6.07) is 26.5. The summed E-state index contributed by atoms with van der Waals surface area (Å²) in [5.74, 6) is -0.166. The SMILES string of the molecule is C[C@@H]1CCCCO[C@@H](CN(C)C(=O)Nc2ccccc2)[C@@H](C)CN([C@H](C)CO)C(=O)c2cc(NC(=O)Nc3cccc4ccccc34)ccc2O1. The first-order valence-electron chi connectivity index (χ1n) is 17.6. The van der Waals surface area contributed by atoms with Gasteiger partial charge in [0, 0.05) is 49.4 Å². The Balaban J connectivity index is 1.38. The van der Waals surface area contributed by atoms with E-state index < -0.39 is 12.1 Å². The van der Waals surface area contributed by atoms with Gasteiger partial charge in [-0.25, -0.2) is 9.59 Å². The molecule has 4 aromatic carbocycles. The summed E-state index contributed by atoms with van der Waals surface area (Å²) in [7, 11) is 1.72. The lowest BCUT2D eigenvalue weighted by Gasteiger charge is -2.35. The topological polar surface area (TPSA) is 132 Å². The van der Waals surface area contributed by atoms with E-state index in [1.165, 1.54) is 0 Å². The molecule has 4 N–H and O–H groups in total. The van der Waals surface area contributed by atoms with Gasteiger partial charge in [-0.15, -0.1) is 0 Å². The number of urea groups is 2. The third-order valence-corrected chi connectivity index (χ3v) is 9.17. The highest BCUT2D eigenvalue weighted by atomic mass is 16.5. The first-order chi connectivity index (χ1) is 24.6. The van der Waals surface area contributed by atoms with Crippen LogP contribution in [0.4, 0.5) is 26.7 Å². The minimum atomic E-state index is -0.538. The van der Waals surface area contributed by atoms with Crippen molar-refractivity contribution < 1.29 is 29.0 Å². The number of ether oxygens (including phenoxy) is 2. The number of likely N-dealkylation sites (N-methyl/N-ethyl adjacent to an activating group) is 1. The maximum absolute atomic E-state index is 14.5. The van der Waals surface area contributed by atoms with Gasteiger partial charge in [-0.2, -0.15) is 0 Å². The zero-order valence-corrected chi connectivity index (χ0v) is 29.8. The molecule has 0 saturated carbocycles. The van der Waals surface area contributed by atoms with Crippen LogP contribution < -0.4 is 20.7 Å². The molecule has 0 aliphatic carbocycles. The fraction of sp³-hybridized carbons (Fsp3) is 0.375. The fourth-order valence-electron chi connectivity index (χ4n) is 6.18. The number of carbonyl (C=O) groups excluding carboxylic acids is 3. The molecule has 1 heterocycles. The molecule has 4 aromatic rings. The highest BCUT2D eigenvalue weighted by molar-refractivity contribution is 6.07. The largest absolute Gasteiger partial charge is 0.490 e. The Labute approximate surface area is 299 Å². The fourth-order valence-corrected chi connectivity index (χ4v) is 6.18. The molecule has 0 bridgehead atoms. The molecule has 1 aliphatic rings. The summed E-state index contributed by atoms with van der Waals surface area (Å²) in [4.78, 5) is 44.0. The second-order valence-corrected chi connectivity index (χ2v) is 13.3. The van der Waals surface area contributed by atoms with Gasteiger partial charge >= 0.3 is 12.1 Å². The number of benzene rings is 4. The standard InChI is InChI=1S/C40H49N5O6/c1-27-24-45(28(2)26-46)38(47)34-23-32(41-39(48)43-35-19-12-15-30-14-8-9-18-33(30)35)20-21-36(34)51-29(3)13-10-11-22-50-37(27)25-44(4)40(49)42-31-16-6-5-7-17-31/h5-9,12,14-21,23,27-29,37,46H,10-11,13,22,24-26H2,1-4H3,(H,42,49)(H2,41,43,48)/t27-,28+,29+,37-/m0/s1. The Kier molecular flexibility index (Phi) is 12.9. The van der Waals surface area contributed by atoms with E-state index in [1.54, 1.807) is 42.0 Å². The first kappa shape index (κ1) is 37.1. The summed E-state index contributed by atoms with van der Waals surface area (Å²) in [5, 5.41) is 20.9. The zero-order valence-electron chi connectivity index (χ0n) is 29.8. The van der Waals surface area contributed by atoms with Crippen molar-refractivity contribution in [3.8, 4) is 5.75 Å². The molecule has 11 heteroatoms. The van der Waals surface area contributed by atoms with Crippen molar-refractivity contribution in [3.05, 3.63) is 96.6 Å². The minimum Gasteiger partial charge on any atom is -0.490 e. The Morgan fingerprint density at radius 3 is 2.45 bits per heavy atom. The number of hydrogen-bond donors (Lipinski definition) is 4. The summed E-state index contributed by atoms with van der Waals surface area (Å²) in [6.45, 7) is 6.50. The van der Waals surface area contributed by atoms with Gasteiger partial charge in [-0.3, -0.25) is 4.79 Å². The Hall–Kier alpha value is -5.13. The van der Waals surface area contributed by atoms with Crippen LogP contribution >= 0.6 is 0 Å². The normalized spacial score (nSPS) is 19.2. The van der Waals surface area contributed by atoms with Crippen LogP contribution in [-0.4, -0.2) is 84.5 Å². The second kappa shape index (κ2) is 17.7. The third-order valence-electron chi connectivity index (χ3n) is 9.17. The number of anilines is 3. The molecular formula is C40H49N5O6. The van der Waals surface area contributed by atoms with Gasteiger partial charge in [0.2, 0.25) is 0 Å². The van der Waals surface area contributed by atoms with Crippen molar-refractivity contribution in [1.29, 1.82) is 0 Å². The van der Waals surface area contributed by atoms with E-state index in [-0.39, 0.29) is 48.8 Å². The summed E-state index contributed by atoms with van der Waals surface area (Å²) in [5.41, 5.74) is 2.03. The molecule has 0 fully saturated rings. The van der Waals surface area contributed by atoms with E-state index in [2.05, 4.69) is 16.0 Å². The van der Waals surface area contributed by atoms with Crippen molar-refractivity contribution in [3.63, 3.8) is 0 Å². The van der Waals surface area contributed by atoms with Crippen LogP contribution in [0.5, 0.6) is 5.75 Å². The molecule has 0 radical (unpaired) electrons. The molecule has 5 rings (SSSR count). The lowest BCUT2D eigenvalue weighted by molar-refractivity contribution is -0.0115. The highest BCUT2D eigenvalue weighted by Crippen LogP contribution is 2.29. The molecule has 0 saturated heterocycles. The number of hydrogen-bond acceptors (Lipinski definition) is 6. The van der Waals surface area contributed by atoms with Gasteiger partial charge in [0.25, 0.3) is 5.91 Å². The van der Waals surface area contributed by atoms with Crippen LogP contribution in [0.1, 0.15) is 50.4 Å². The van der Waals surface area contributed by atoms with Crippen LogP contribution in [0.25, 0.3) is 10.8 Å². The Bertz CT molecular complexity index is 1780. The van der Waals surface area contributed by atoms with E-state index >= 15 is 0 Å². The van der Waals surface area contributed by atoms with Crippen molar-refractivity contribution in [2.24, 2.45) is 5.92 Å². The summed E-state index contributed by atoms with van der Waals surface area (Å²) < 4.78 is 12.7. The summed E-state index contributed by atoms with van der Waals surface area (Å²) in [6.07, 6.45) is 1.80. The number of amides is 5. The number of nitrogens with zero attached hydrogens (tertiary/aromatic N) is 2. The van der Waals surface area contributed by atoms with Crippen LogP contribution in [0.2, 0.25) is 0 Å². The van der Waals surface area contributed by atoms with Crippen molar-refractivity contribution >= 4 is 45.8 Å². The lowest BCUT2D eigenvalue weighted by atomic mass is 10.0. The highest BCUT2D eigenvalue weighted by Gasteiger charge is 2.31.